The van der Waals surface area contributed by atoms with Crippen LogP contribution in [0.3, 0.4) is 0 Å². The maximum atomic E-state index is 12.3. The second-order valence-electron chi connectivity index (χ2n) is 6.49. The number of hydrogen-bond acceptors (Lipinski definition) is 4. The SMILES string of the molecule is CN(C)Cc1cccc(NC(=O)CCn2ncc(=O)c3ccccc32)c1. The highest BCUT2D eigenvalue weighted by Gasteiger charge is 2.07. The van der Waals surface area contributed by atoms with E-state index >= 15 is 0 Å². The smallest absolute Gasteiger partial charge is 0.226 e. The summed E-state index contributed by atoms with van der Waals surface area (Å²) < 4.78 is 1.69. The Morgan fingerprint density at radius 1 is 1.15 bits per heavy atom. The number of hydrogen-bond donors (Lipinski definition) is 1. The molecule has 1 aromatic heterocycles. The largest absolute Gasteiger partial charge is 0.326 e. The van der Waals surface area contributed by atoms with Crippen LogP contribution in [-0.2, 0) is 17.9 Å². The number of benzene rings is 2. The van der Waals surface area contributed by atoms with Crippen molar-refractivity contribution in [2.45, 2.75) is 19.5 Å². The number of aryl methyl sites for hydroxylation is 1. The van der Waals surface area contributed by atoms with Crippen molar-refractivity contribution in [1.82, 2.24) is 14.7 Å². The van der Waals surface area contributed by atoms with Crippen molar-refractivity contribution in [3.63, 3.8) is 0 Å². The molecule has 0 aliphatic carbocycles. The molecule has 0 aliphatic rings. The zero-order chi connectivity index (χ0) is 18.5. The second-order valence-corrected chi connectivity index (χ2v) is 6.49. The lowest BCUT2D eigenvalue weighted by molar-refractivity contribution is -0.116. The Labute approximate surface area is 152 Å². The monoisotopic (exact) mass is 350 g/mol. The third-order valence-corrected chi connectivity index (χ3v) is 4.02. The van der Waals surface area contributed by atoms with Gasteiger partial charge in [-0.25, -0.2) is 0 Å². The van der Waals surface area contributed by atoms with Crippen molar-refractivity contribution in [3.8, 4) is 0 Å². The summed E-state index contributed by atoms with van der Waals surface area (Å²) in [4.78, 5) is 26.2. The number of nitrogens with one attached hydrogen (secondary N) is 1. The van der Waals surface area contributed by atoms with Gasteiger partial charge in [0.15, 0.2) is 0 Å². The molecular formula is C20H22N4O2. The minimum absolute atomic E-state index is 0.0865. The lowest BCUT2D eigenvalue weighted by Gasteiger charge is -2.12. The molecule has 0 fully saturated rings. The van der Waals surface area contributed by atoms with Crippen LogP contribution in [0.1, 0.15) is 12.0 Å². The highest BCUT2D eigenvalue weighted by atomic mass is 16.1. The number of fused-ring (bicyclic) bond motifs is 1. The molecule has 2 aromatic carbocycles. The van der Waals surface area contributed by atoms with Crippen molar-refractivity contribution in [2.24, 2.45) is 0 Å². The van der Waals surface area contributed by atoms with E-state index in [-0.39, 0.29) is 17.8 Å². The average molecular weight is 350 g/mol. The Morgan fingerprint density at radius 2 is 1.96 bits per heavy atom. The van der Waals surface area contributed by atoms with Gasteiger partial charge in [0, 0.05) is 24.0 Å². The van der Waals surface area contributed by atoms with Crippen LogP contribution >= 0.6 is 0 Å². The molecule has 0 radical (unpaired) electrons. The Morgan fingerprint density at radius 3 is 2.77 bits per heavy atom. The first-order valence-electron chi connectivity index (χ1n) is 8.51. The zero-order valence-electron chi connectivity index (χ0n) is 15.0. The van der Waals surface area contributed by atoms with Crippen LogP contribution in [0.4, 0.5) is 5.69 Å². The standard InChI is InChI=1S/C20H22N4O2/c1-23(2)14-15-6-5-7-16(12-15)22-20(26)10-11-24-18-9-4-3-8-17(18)19(25)13-21-24/h3-9,12-13H,10-11,14H2,1-2H3,(H,22,26). The fourth-order valence-electron chi connectivity index (χ4n) is 2.88. The number of anilines is 1. The van der Waals surface area contributed by atoms with Crippen LogP contribution in [0.25, 0.3) is 10.9 Å². The highest BCUT2D eigenvalue weighted by Crippen LogP contribution is 2.13. The summed E-state index contributed by atoms with van der Waals surface area (Å²) in [7, 11) is 4.01. The Hall–Kier alpha value is -2.99. The molecule has 0 saturated carbocycles. The van der Waals surface area contributed by atoms with Crippen LogP contribution in [0.15, 0.2) is 59.5 Å². The van der Waals surface area contributed by atoms with E-state index < -0.39 is 0 Å². The fourth-order valence-corrected chi connectivity index (χ4v) is 2.88. The maximum Gasteiger partial charge on any atom is 0.226 e. The molecule has 0 atom stereocenters. The summed E-state index contributed by atoms with van der Waals surface area (Å²) in [5.74, 6) is -0.0865. The Kier molecular flexibility index (Phi) is 5.43. The molecule has 0 unspecified atom stereocenters. The van der Waals surface area contributed by atoms with Gasteiger partial charge in [0.1, 0.15) is 0 Å². The number of carbonyl (C=O) groups is 1. The number of para-hydroxylation sites is 1. The Balaban J connectivity index is 1.67. The summed E-state index contributed by atoms with van der Waals surface area (Å²) in [6.45, 7) is 1.22. The average Bonchev–Trinajstić information content (AvgIpc) is 2.61. The lowest BCUT2D eigenvalue weighted by Crippen LogP contribution is -2.18. The number of carbonyl (C=O) groups excluding carboxylic acids is 1. The van der Waals surface area contributed by atoms with Crippen molar-refractivity contribution in [2.75, 3.05) is 19.4 Å². The molecule has 0 saturated heterocycles. The van der Waals surface area contributed by atoms with E-state index in [1.165, 1.54) is 6.20 Å². The van der Waals surface area contributed by atoms with E-state index in [9.17, 15) is 9.59 Å². The Bertz CT molecular complexity index is 979. The molecule has 134 valence electrons. The predicted molar refractivity (Wildman–Crippen MR) is 103 cm³/mol. The van der Waals surface area contributed by atoms with E-state index in [1.54, 1.807) is 10.7 Å². The number of aromatic nitrogens is 2. The number of amides is 1. The first kappa shape index (κ1) is 17.8. The predicted octanol–water partition coefficient (Wildman–Crippen LogP) is 2.49. The fraction of sp³-hybridized carbons (Fsp3) is 0.250. The van der Waals surface area contributed by atoms with Gasteiger partial charge in [0.05, 0.1) is 18.3 Å². The van der Waals surface area contributed by atoms with Gasteiger partial charge >= 0.3 is 0 Å². The molecule has 1 N–H and O–H groups in total. The molecule has 1 heterocycles. The second kappa shape index (κ2) is 7.93. The minimum Gasteiger partial charge on any atom is -0.326 e. The quantitative estimate of drug-likeness (QED) is 0.742. The van der Waals surface area contributed by atoms with Gasteiger partial charge in [0.25, 0.3) is 0 Å². The third-order valence-electron chi connectivity index (χ3n) is 4.02. The number of nitrogens with zero attached hydrogens (tertiary/aromatic N) is 3. The van der Waals surface area contributed by atoms with Crippen LogP contribution in [0.5, 0.6) is 0 Å². The molecule has 1 amide bonds. The van der Waals surface area contributed by atoms with Gasteiger partial charge in [-0.3, -0.25) is 14.3 Å². The van der Waals surface area contributed by atoms with Crippen LogP contribution < -0.4 is 10.7 Å². The zero-order valence-corrected chi connectivity index (χ0v) is 15.0. The molecule has 0 spiro atoms. The topological polar surface area (TPSA) is 67.2 Å². The molecule has 3 rings (SSSR count). The first-order valence-corrected chi connectivity index (χ1v) is 8.51. The molecule has 6 heteroatoms. The van der Waals surface area contributed by atoms with Crippen LogP contribution in [-0.4, -0.2) is 34.7 Å². The van der Waals surface area contributed by atoms with Gasteiger partial charge in [-0.2, -0.15) is 5.10 Å². The van der Waals surface area contributed by atoms with Gasteiger partial charge < -0.3 is 10.2 Å². The third kappa shape index (κ3) is 4.34. The summed E-state index contributed by atoms with van der Waals surface area (Å²) in [6, 6.07) is 15.1. The van der Waals surface area contributed by atoms with E-state index in [1.807, 2.05) is 56.6 Å². The number of rotatable bonds is 6. The van der Waals surface area contributed by atoms with E-state index in [4.69, 9.17) is 0 Å². The molecule has 0 bridgehead atoms. The molecule has 6 nitrogen and oxygen atoms in total. The first-order chi connectivity index (χ1) is 12.5. The summed E-state index contributed by atoms with van der Waals surface area (Å²) in [5, 5.41) is 7.69. The molecule has 0 aliphatic heterocycles. The summed E-state index contributed by atoms with van der Waals surface area (Å²) in [5.41, 5.74) is 2.55. The highest BCUT2D eigenvalue weighted by molar-refractivity contribution is 5.90. The molecule has 26 heavy (non-hydrogen) atoms. The van der Waals surface area contributed by atoms with Crippen molar-refractivity contribution in [1.29, 1.82) is 0 Å². The van der Waals surface area contributed by atoms with E-state index in [0.717, 1.165) is 23.3 Å². The van der Waals surface area contributed by atoms with Gasteiger partial charge in [-0.05, 0) is 43.9 Å². The van der Waals surface area contributed by atoms with E-state index in [2.05, 4.69) is 15.3 Å². The lowest BCUT2D eigenvalue weighted by atomic mass is 10.2. The van der Waals surface area contributed by atoms with Crippen molar-refractivity contribution >= 4 is 22.5 Å². The van der Waals surface area contributed by atoms with Crippen molar-refractivity contribution in [3.05, 3.63) is 70.5 Å². The van der Waals surface area contributed by atoms with Gasteiger partial charge in [0.2, 0.25) is 11.3 Å². The van der Waals surface area contributed by atoms with E-state index in [0.29, 0.717) is 11.9 Å². The summed E-state index contributed by atoms with van der Waals surface area (Å²) in [6.07, 6.45) is 1.57. The van der Waals surface area contributed by atoms with Gasteiger partial charge in [-0.1, -0.05) is 24.3 Å². The molecule has 3 aromatic rings. The molecular weight excluding hydrogens is 328 g/mol. The van der Waals surface area contributed by atoms with Gasteiger partial charge in [-0.15, -0.1) is 0 Å². The van der Waals surface area contributed by atoms with Crippen molar-refractivity contribution < 1.29 is 4.79 Å². The van der Waals surface area contributed by atoms with Crippen LogP contribution in [0.2, 0.25) is 0 Å². The minimum atomic E-state index is -0.112. The maximum absolute atomic E-state index is 12.3. The normalized spacial score (nSPS) is 11.0. The summed E-state index contributed by atoms with van der Waals surface area (Å²) >= 11 is 0. The van der Waals surface area contributed by atoms with Crippen LogP contribution in [0, 0.1) is 0 Å².